The molecule has 5 heterocycles. The van der Waals surface area contributed by atoms with Crippen molar-refractivity contribution in [3.63, 3.8) is 0 Å². The molecule has 238 valence electrons. The number of amidine groups is 1. The number of aromatic nitrogens is 2. The number of hydrogen-bond acceptors (Lipinski definition) is 8. The van der Waals surface area contributed by atoms with Crippen LogP contribution < -0.4 is 15.5 Å². The summed E-state index contributed by atoms with van der Waals surface area (Å²) in [5.41, 5.74) is 2.12. The number of nitrogens with zero attached hydrogens (tertiary/aromatic N) is 6. The molecule has 0 radical (unpaired) electrons. The summed E-state index contributed by atoms with van der Waals surface area (Å²) in [6.07, 6.45) is 2.92. The molecule has 6 rings (SSSR count). The molecule has 2 fully saturated rings. The molecule has 3 aliphatic heterocycles. The molecule has 0 amide bonds. The van der Waals surface area contributed by atoms with E-state index in [4.69, 9.17) is 0 Å². The Bertz CT molecular complexity index is 1490. The van der Waals surface area contributed by atoms with Crippen LogP contribution in [0.5, 0.6) is 0 Å². The fourth-order valence-corrected chi connectivity index (χ4v) is 6.61. The zero-order valence-electron chi connectivity index (χ0n) is 25.2. The van der Waals surface area contributed by atoms with Gasteiger partial charge in [-0.15, -0.1) is 0 Å². The lowest BCUT2D eigenvalue weighted by molar-refractivity contribution is -0.139. The Morgan fingerprint density at radius 1 is 1.16 bits per heavy atom. The van der Waals surface area contributed by atoms with Crippen LogP contribution in [0.15, 0.2) is 47.0 Å². The van der Waals surface area contributed by atoms with E-state index < -0.39 is 18.9 Å². The summed E-state index contributed by atoms with van der Waals surface area (Å²) in [7, 11) is 3.65. The van der Waals surface area contributed by atoms with Gasteiger partial charge in [0.25, 0.3) is 0 Å². The van der Waals surface area contributed by atoms with Crippen LogP contribution in [0.4, 0.5) is 28.4 Å². The lowest BCUT2D eigenvalue weighted by atomic mass is 10.0. The highest BCUT2D eigenvalue weighted by Crippen LogP contribution is 2.33. The quantitative estimate of drug-likeness (QED) is 0.305. The molecule has 3 aliphatic rings. The molecule has 2 saturated heterocycles. The van der Waals surface area contributed by atoms with E-state index in [0.717, 1.165) is 17.4 Å². The van der Waals surface area contributed by atoms with E-state index in [-0.39, 0.29) is 6.04 Å². The van der Waals surface area contributed by atoms with Crippen molar-refractivity contribution in [3.8, 4) is 0 Å². The van der Waals surface area contributed by atoms with Gasteiger partial charge in [0, 0.05) is 54.9 Å². The molecule has 2 atom stereocenters. The van der Waals surface area contributed by atoms with Gasteiger partial charge in [-0.05, 0) is 58.0 Å². The molecule has 2 unspecified atom stereocenters. The first-order chi connectivity index (χ1) is 21.1. The van der Waals surface area contributed by atoms with Gasteiger partial charge in [-0.2, -0.15) is 13.2 Å². The second-order valence-electron chi connectivity index (χ2n) is 11.4. The van der Waals surface area contributed by atoms with Crippen LogP contribution in [0.3, 0.4) is 0 Å². The molecular formula is C31H40F4N8S. The van der Waals surface area contributed by atoms with Crippen molar-refractivity contribution in [2.45, 2.75) is 50.6 Å². The van der Waals surface area contributed by atoms with Gasteiger partial charge >= 0.3 is 6.18 Å². The maximum atomic E-state index is 14.6. The number of nitrogens with one attached hydrogen (secondary N) is 2. The fraction of sp³-hybridized carbons (Fsp3) is 0.516. The van der Waals surface area contributed by atoms with Crippen molar-refractivity contribution in [1.29, 1.82) is 0 Å². The molecule has 2 N–H and O–H groups in total. The van der Waals surface area contributed by atoms with Crippen molar-refractivity contribution >= 4 is 50.7 Å². The number of aliphatic imine (C=N–C) groups is 2. The Hall–Kier alpha value is -3.29. The largest absolute Gasteiger partial charge is 0.406 e. The number of alkyl halides is 4. The van der Waals surface area contributed by atoms with Crippen molar-refractivity contribution < 1.29 is 17.6 Å². The summed E-state index contributed by atoms with van der Waals surface area (Å²) in [6.45, 7) is 6.90. The molecule has 44 heavy (non-hydrogen) atoms. The number of fused-ring (bicyclic) bond motifs is 1. The van der Waals surface area contributed by atoms with Crippen LogP contribution in [0, 0.1) is 0 Å². The lowest BCUT2D eigenvalue weighted by Crippen LogP contribution is -2.46. The van der Waals surface area contributed by atoms with Gasteiger partial charge in [0.05, 0.1) is 29.5 Å². The van der Waals surface area contributed by atoms with Gasteiger partial charge in [-0.25, -0.2) is 14.4 Å². The van der Waals surface area contributed by atoms with Gasteiger partial charge < -0.3 is 25.0 Å². The summed E-state index contributed by atoms with van der Waals surface area (Å²) in [4.78, 5) is 18.6. The van der Waals surface area contributed by atoms with Crippen LogP contribution in [-0.4, -0.2) is 97.8 Å². The van der Waals surface area contributed by atoms with E-state index in [2.05, 4.69) is 37.1 Å². The fourth-order valence-electron chi connectivity index (χ4n) is 5.79. The van der Waals surface area contributed by atoms with E-state index in [9.17, 15) is 17.6 Å². The van der Waals surface area contributed by atoms with Crippen LogP contribution >= 0.6 is 11.3 Å². The number of likely N-dealkylation sites (tertiary alicyclic amines) is 1. The summed E-state index contributed by atoms with van der Waals surface area (Å²) in [6, 6.07) is 6.40. The van der Waals surface area contributed by atoms with Crippen LogP contribution in [0.2, 0.25) is 0 Å². The number of rotatable bonds is 8. The highest BCUT2D eigenvalue weighted by atomic mass is 32.1. The van der Waals surface area contributed by atoms with E-state index >= 15 is 0 Å². The molecule has 13 heteroatoms. The smallest absolute Gasteiger partial charge is 0.379 e. The maximum Gasteiger partial charge on any atom is 0.406 e. The summed E-state index contributed by atoms with van der Waals surface area (Å²) >= 11 is 1.74. The number of halogens is 4. The topological polar surface area (TPSA) is 73.1 Å². The van der Waals surface area contributed by atoms with E-state index in [0.29, 0.717) is 54.2 Å². The molecule has 8 nitrogen and oxygen atoms in total. The summed E-state index contributed by atoms with van der Waals surface area (Å²) in [5.74, 6) is 0.291. The van der Waals surface area contributed by atoms with Crippen LogP contribution in [-0.2, 0) is 6.54 Å². The number of thiazole rings is 1. The zero-order valence-corrected chi connectivity index (χ0v) is 26.0. The van der Waals surface area contributed by atoms with Gasteiger partial charge in [0.2, 0.25) is 0 Å². The Morgan fingerprint density at radius 3 is 2.64 bits per heavy atom. The van der Waals surface area contributed by atoms with E-state index in [1.807, 2.05) is 24.2 Å². The first kappa shape index (κ1) is 32.1. The zero-order chi connectivity index (χ0) is 31.3. The maximum absolute atomic E-state index is 14.6. The third kappa shape index (κ3) is 7.86. The summed E-state index contributed by atoms with van der Waals surface area (Å²) in [5, 5.41) is 7.98. The number of piperidine rings is 2. The minimum Gasteiger partial charge on any atom is -0.379 e. The minimum absolute atomic E-state index is 0.291. The van der Waals surface area contributed by atoms with Gasteiger partial charge in [-0.3, -0.25) is 4.99 Å². The highest BCUT2D eigenvalue weighted by Gasteiger charge is 2.32. The first-order valence-corrected chi connectivity index (χ1v) is 15.8. The third-order valence-electron chi connectivity index (χ3n) is 7.99. The molecule has 0 spiro atoms. The number of benzene rings is 1. The molecule has 2 aromatic heterocycles. The van der Waals surface area contributed by atoms with Crippen molar-refractivity contribution in [3.05, 3.63) is 47.6 Å². The van der Waals surface area contributed by atoms with E-state index in [1.54, 1.807) is 42.6 Å². The average molecular weight is 633 g/mol. The predicted octanol–water partition coefficient (Wildman–Crippen LogP) is 5.85. The molecule has 3 aromatic rings. The molecule has 0 bridgehead atoms. The van der Waals surface area contributed by atoms with Gasteiger partial charge in [-0.1, -0.05) is 30.1 Å². The standard InChI is InChI=1S/C21H26F4N6.C10H14N2S/c1-26-9-13-10-27-20(28-13)19-8-14-16(29-17-6-7-30(2)11-15(17)22)4-3-5-18(14)31(19)12-21(23,24)25;1-2-9-8-11-10(13-9)12-6-4-3-5-7-12/h3-5,8,15,17,26,29H,6-7,9-12H2,1-2H3;2,8H,1,3-7H2. The third-order valence-corrected chi connectivity index (χ3v) is 9.05. The highest BCUT2D eigenvalue weighted by molar-refractivity contribution is 7.16. The second-order valence-corrected chi connectivity index (χ2v) is 12.5. The van der Waals surface area contributed by atoms with E-state index in [1.165, 1.54) is 41.8 Å². The summed E-state index contributed by atoms with van der Waals surface area (Å²) < 4.78 is 55.9. The first-order valence-electron chi connectivity index (χ1n) is 15.0. The van der Waals surface area contributed by atoms with Gasteiger partial charge in [0.15, 0.2) is 11.0 Å². The molecule has 0 aliphatic carbocycles. The van der Waals surface area contributed by atoms with Crippen molar-refractivity contribution in [1.82, 2.24) is 19.8 Å². The van der Waals surface area contributed by atoms with Crippen LogP contribution in [0.1, 0.15) is 36.3 Å². The Kier molecular flexibility index (Phi) is 10.4. The predicted molar refractivity (Wildman–Crippen MR) is 173 cm³/mol. The number of anilines is 2. The second kappa shape index (κ2) is 14.2. The van der Waals surface area contributed by atoms with Gasteiger partial charge in [0.1, 0.15) is 12.7 Å². The van der Waals surface area contributed by atoms with Crippen molar-refractivity contribution in [2.75, 3.05) is 63.6 Å². The normalized spacial score (nSPS) is 21.1. The monoisotopic (exact) mass is 632 g/mol. The average Bonchev–Trinajstić information content (AvgIpc) is 3.75. The SMILES string of the molecule is C=Cc1cnc(N2CCCCC2)s1.CNCC1=NC(c2cc3c(NC4CCN(C)CC4F)cccc3n2CC(F)(F)F)=NC1. The molecule has 1 aromatic carbocycles. The minimum atomic E-state index is -4.40. The lowest BCUT2D eigenvalue weighted by Gasteiger charge is -2.33. The molecule has 0 saturated carbocycles. The number of hydrogen-bond donors (Lipinski definition) is 2. The van der Waals surface area contributed by atoms with Crippen molar-refractivity contribution in [2.24, 2.45) is 9.98 Å². The molecular weight excluding hydrogens is 592 g/mol. The Morgan fingerprint density at radius 2 is 1.95 bits per heavy atom. The Balaban J connectivity index is 0.000000245. The van der Waals surface area contributed by atoms with Crippen LogP contribution in [0.25, 0.3) is 17.0 Å². The Labute approximate surface area is 259 Å².